The molecule has 0 atom stereocenters. The van der Waals surface area contributed by atoms with E-state index in [2.05, 4.69) is 13.5 Å². The number of hydrogen-bond acceptors (Lipinski definition) is 0. The highest BCUT2D eigenvalue weighted by molar-refractivity contribution is 4.60. The number of rotatable bonds is 1. The average Bonchev–Trinajstić information content (AvgIpc) is 1.72. The summed E-state index contributed by atoms with van der Waals surface area (Å²) in [5.41, 5.74) is 0. The van der Waals surface area contributed by atoms with Crippen LogP contribution in [0.25, 0.3) is 0 Å². The SMILES string of the molecule is C.C=CCC.CC. The molecule has 7 heavy (non-hydrogen) atoms. The Bertz CT molecular complexity index is 14.0. The molecule has 46 valence electrons. The molecular formula is C7H18. The molecule has 0 bridgehead atoms. The molecular weight excluding hydrogens is 84.1 g/mol. The first-order chi connectivity index (χ1) is 2.91. The summed E-state index contributed by atoms with van der Waals surface area (Å²) in [6.07, 6.45) is 2.96. The standard InChI is InChI=1S/C4H8.C2H6.CH4/c1-3-4-2;1-2;/h3H,1,4H2,2H3;1-2H3;1H4. The van der Waals surface area contributed by atoms with Crippen molar-refractivity contribution in [1.29, 1.82) is 0 Å². The molecule has 0 unspecified atom stereocenters. The van der Waals surface area contributed by atoms with Crippen LogP contribution in [0.5, 0.6) is 0 Å². The minimum absolute atomic E-state index is 0. The van der Waals surface area contributed by atoms with E-state index in [0.29, 0.717) is 0 Å². The molecule has 0 radical (unpaired) electrons. The van der Waals surface area contributed by atoms with Gasteiger partial charge in [-0.2, -0.15) is 0 Å². The van der Waals surface area contributed by atoms with E-state index in [4.69, 9.17) is 0 Å². The van der Waals surface area contributed by atoms with Crippen molar-refractivity contribution in [3.8, 4) is 0 Å². The fourth-order valence-corrected chi connectivity index (χ4v) is 0. The van der Waals surface area contributed by atoms with Gasteiger partial charge in [0.15, 0.2) is 0 Å². The average molecular weight is 102 g/mol. The van der Waals surface area contributed by atoms with Crippen molar-refractivity contribution < 1.29 is 0 Å². The highest BCUT2D eigenvalue weighted by atomic mass is 13.5. The molecule has 0 aromatic rings. The normalized spacial score (nSPS) is 4.43. The van der Waals surface area contributed by atoms with E-state index in [0.717, 1.165) is 6.42 Å². The lowest BCUT2D eigenvalue weighted by Gasteiger charge is -1.57. The first kappa shape index (κ1) is 15.9. The Kier molecular flexibility index (Phi) is 96.6. The molecule has 0 saturated carbocycles. The van der Waals surface area contributed by atoms with Crippen LogP contribution < -0.4 is 0 Å². The molecule has 0 aromatic heterocycles. The summed E-state index contributed by atoms with van der Waals surface area (Å²) in [5, 5.41) is 0. The highest BCUT2D eigenvalue weighted by Crippen LogP contribution is 1.66. The number of allylic oxidation sites excluding steroid dienone is 1. The maximum Gasteiger partial charge on any atom is -0.0382 e. The first-order valence-corrected chi connectivity index (χ1v) is 2.52. The second-order valence-corrected chi connectivity index (χ2v) is 0.697. The summed E-state index contributed by atoms with van der Waals surface area (Å²) in [6, 6.07) is 0. The zero-order valence-electron chi connectivity index (χ0n) is 4.99. The van der Waals surface area contributed by atoms with Crippen LogP contribution in [0.15, 0.2) is 12.7 Å². The van der Waals surface area contributed by atoms with Crippen LogP contribution in [0.2, 0.25) is 0 Å². The molecule has 0 amide bonds. The lowest BCUT2D eigenvalue weighted by atomic mass is 10.5. The molecule has 0 fully saturated rings. The van der Waals surface area contributed by atoms with Crippen LogP contribution in [0.1, 0.15) is 34.6 Å². The van der Waals surface area contributed by atoms with E-state index in [1.165, 1.54) is 0 Å². The van der Waals surface area contributed by atoms with Gasteiger partial charge in [-0.3, -0.25) is 0 Å². The van der Waals surface area contributed by atoms with Crippen molar-refractivity contribution >= 4 is 0 Å². The predicted molar refractivity (Wildman–Crippen MR) is 38.6 cm³/mol. The Morgan fingerprint density at radius 1 is 1.43 bits per heavy atom. The van der Waals surface area contributed by atoms with Gasteiger partial charge in [0.2, 0.25) is 0 Å². The van der Waals surface area contributed by atoms with Gasteiger partial charge in [-0.25, -0.2) is 0 Å². The van der Waals surface area contributed by atoms with Crippen LogP contribution in [0.4, 0.5) is 0 Å². The van der Waals surface area contributed by atoms with Gasteiger partial charge in [0.25, 0.3) is 0 Å². The third-order valence-electron chi connectivity index (χ3n) is 0.289. The van der Waals surface area contributed by atoms with Crippen LogP contribution in [0, 0.1) is 0 Å². The van der Waals surface area contributed by atoms with E-state index in [1.807, 2.05) is 19.9 Å². The maximum atomic E-state index is 3.48. The maximum absolute atomic E-state index is 3.48. The Hall–Kier alpha value is -0.260. The molecule has 0 spiro atoms. The van der Waals surface area contributed by atoms with Crippen LogP contribution in [-0.4, -0.2) is 0 Å². The van der Waals surface area contributed by atoms with Gasteiger partial charge in [0, 0.05) is 0 Å². The van der Waals surface area contributed by atoms with Gasteiger partial charge in [-0.15, -0.1) is 6.58 Å². The van der Waals surface area contributed by atoms with E-state index >= 15 is 0 Å². The first-order valence-electron chi connectivity index (χ1n) is 2.52. The Balaban J connectivity index is -0.0000000480. The fourth-order valence-electron chi connectivity index (χ4n) is 0. The van der Waals surface area contributed by atoms with Gasteiger partial charge in [-0.05, 0) is 6.42 Å². The topological polar surface area (TPSA) is 0 Å². The second-order valence-electron chi connectivity index (χ2n) is 0.697. The van der Waals surface area contributed by atoms with Crippen molar-refractivity contribution in [1.82, 2.24) is 0 Å². The van der Waals surface area contributed by atoms with Crippen molar-refractivity contribution in [2.45, 2.75) is 34.6 Å². The Morgan fingerprint density at radius 2 is 1.57 bits per heavy atom. The molecule has 0 rings (SSSR count). The summed E-state index contributed by atoms with van der Waals surface area (Å²) in [5.74, 6) is 0. The molecule has 0 aliphatic carbocycles. The monoisotopic (exact) mass is 102 g/mol. The van der Waals surface area contributed by atoms with Crippen molar-refractivity contribution in [3.63, 3.8) is 0 Å². The van der Waals surface area contributed by atoms with Crippen molar-refractivity contribution in [2.75, 3.05) is 0 Å². The molecule has 0 N–H and O–H groups in total. The quantitative estimate of drug-likeness (QED) is 0.446. The van der Waals surface area contributed by atoms with E-state index in [-0.39, 0.29) is 7.43 Å². The molecule has 0 heterocycles. The zero-order valence-corrected chi connectivity index (χ0v) is 4.99. The van der Waals surface area contributed by atoms with Crippen LogP contribution in [-0.2, 0) is 0 Å². The molecule has 0 aromatic carbocycles. The predicted octanol–water partition coefficient (Wildman–Crippen LogP) is 3.24. The molecule has 0 nitrogen and oxygen atoms in total. The van der Waals surface area contributed by atoms with E-state index in [1.54, 1.807) is 0 Å². The lowest BCUT2D eigenvalue weighted by molar-refractivity contribution is 1.23. The summed E-state index contributed by atoms with van der Waals surface area (Å²) >= 11 is 0. The smallest absolute Gasteiger partial charge is 0.0382 e. The largest absolute Gasteiger partial charge is 0.103 e. The summed E-state index contributed by atoms with van der Waals surface area (Å²) in [6.45, 7) is 9.54. The molecule has 0 aliphatic heterocycles. The summed E-state index contributed by atoms with van der Waals surface area (Å²) < 4.78 is 0. The third kappa shape index (κ3) is 147. The minimum Gasteiger partial charge on any atom is -0.103 e. The number of hydrogen-bond donors (Lipinski definition) is 0. The van der Waals surface area contributed by atoms with Gasteiger partial charge in [0.1, 0.15) is 0 Å². The molecule has 0 saturated heterocycles. The van der Waals surface area contributed by atoms with Crippen LogP contribution in [0.3, 0.4) is 0 Å². The fraction of sp³-hybridized carbons (Fsp3) is 0.714. The highest BCUT2D eigenvalue weighted by Gasteiger charge is 1.45. The summed E-state index contributed by atoms with van der Waals surface area (Å²) in [7, 11) is 0. The second kappa shape index (κ2) is 42.6. The Morgan fingerprint density at radius 3 is 1.57 bits per heavy atom. The van der Waals surface area contributed by atoms with Gasteiger partial charge >= 0.3 is 0 Å². The lowest BCUT2D eigenvalue weighted by Crippen LogP contribution is -1.36. The Labute approximate surface area is 48.3 Å². The third-order valence-corrected chi connectivity index (χ3v) is 0.289. The van der Waals surface area contributed by atoms with Crippen molar-refractivity contribution in [3.05, 3.63) is 12.7 Å². The van der Waals surface area contributed by atoms with Gasteiger partial charge in [0.05, 0.1) is 0 Å². The molecule has 0 aliphatic rings. The van der Waals surface area contributed by atoms with E-state index < -0.39 is 0 Å². The van der Waals surface area contributed by atoms with Gasteiger partial charge in [-0.1, -0.05) is 34.3 Å². The van der Waals surface area contributed by atoms with E-state index in [9.17, 15) is 0 Å². The van der Waals surface area contributed by atoms with Gasteiger partial charge < -0.3 is 0 Å². The molecule has 0 heteroatoms. The van der Waals surface area contributed by atoms with Crippen LogP contribution >= 0.6 is 0 Å². The van der Waals surface area contributed by atoms with Crippen molar-refractivity contribution in [2.24, 2.45) is 0 Å². The zero-order chi connectivity index (χ0) is 5.41. The minimum atomic E-state index is 0. The summed E-state index contributed by atoms with van der Waals surface area (Å²) in [4.78, 5) is 0.